The minimum absolute atomic E-state index is 0.135. The fraction of sp³-hybridized carbons (Fsp3) is 0.636. The quantitative estimate of drug-likeness (QED) is 0.747. The molecule has 8 heteroatoms. The molecule has 1 aliphatic rings. The number of hydrogen-bond acceptors (Lipinski definition) is 4. The third-order valence-electron chi connectivity index (χ3n) is 5.26. The molecule has 1 atom stereocenters. The van der Waals surface area contributed by atoms with Gasteiger partial charge < -0.3 is 19.5 Å². The van der Waals surface area contributed by atoms with Gasteiger partial charge in [0.25, 0.3) is 0 Å². The zero-order valence-corrected chi connectivity index (χ0v) is 18.6. The molecular weight excluding hydrogens is 391 g/mol. The number of methoxy groups -OCH3 is 1. The molecule has 1 aliphatic heterocycles. The third kappa shape index (κ3) is 5.55. The van der Waals surface area contributed by atoms with Gasteiger partial charge in [0.05, 0.1) is 7.11 Å². The molecule has 7 nitrogen and oxygen atoms in total. The first-order valence-electron chi connectivity index (χ1n) is 10.3. The molecule has 0 aliphatic carbocycles. The van der Waals surface area contributed by atoms with E-state index in [0.29, 0.717) is 37.4 Å². The van der Waals surface area contributed by atoms with Crippen LogP contribution in [0.4, 0.5) is 9.18 Å². The van der Waals surface area contributed by atoms with Gasteiger partial charge in [0.15, 0.2) is 11.5 Å². The van der Waals surface area contributed by atoms with Gasteiger partial charge in [-0.25, -0.2) is 9.18 Å². The van der Waals surface area contributed by atoms with Gasteiger partial charge in [-0.1, -0.05) is 13.8 Å². The van der Waals surface area contributed by atoms with E-state index in [1.54, 1.807) is 25.7 Å². The molecule has 0 spiro atoms. The fourth-order valence-electron chi connectivity index (χ4n) is 3.82. The molecule has 0 aromatic heterocycles. The van der Waals surface area contributed by atoms with E-state index in [2.05, 4.69) is 0 Å². The van der Waals surface area contributed by atoms with E-state index >= 15 is 0 Å². The van der Waals surface area contributed by atoms with Crippen LogP contribution in [0.25, 0.3) is 0 Å². The summed E-state index contributed by atoms with van der Waals surface area (Å²) in [5.74, 6) is 0.0516. The highest BCUT2D eigenvalue weighted by molar-refractivity contribution is 5.86. The van der Waals surface area contributed by atoms with Gasteiger partial charge >= 0.3 is 6.09 Å². The average Bonchev–Trinajstić information content (AvgIpc) is 2.65. The lowest BCUT2D eigenvalue weighted by molar-refractivity contribution is -0.141. The van der Waals surface area contributed by atoms with E-state index in [-0.39, 0.29) is 17.9 Å². The monoisotopic (exact) mass is 424 g/mol. The van der Waals surface area contributed by atoms with Crippen LogP contribution in [0, 0.1) is 11.7 Å². The maximum absolute atomic E-state index is 13.4. The van der Waals surface area contributed by atoms with Crippen molar-refractivity contribution in [3.63, 3.8) is 0 Å². The topological polar surface area (TPSA) is 79.3 Å². The Kier molecular flexibility index (Phi) is 7.55. The van der Waals surface area contributed by atoms with Gasteiger partial charge in [-0.2, -0.15) is 0 Å². The lowest BCUT2D eigenvalue weighted by Crippen LogP contribution is -2.60. The number of rotatable bonds is 6. The Bertz CT molecular complexity index is 754. The van der Waals surface area contributed by atoms with Crippen molar-refractivity contribution in [1.29, 1.82) is 0 Å². The van der Waals surface area contributed by atoms with Crippen LogP contribution < -0.4 is 9.47 Å². The second-order valence-electron chi connectivity index (χ2n) is 8.95. The Hall–Kier alpha value is -2.51. The lowest BCUT2D eigenvalue weighted by Gasteiger charge is -2.43. The number of carbonyl (C=O) groups excluding carboxylic acids is 1. The van der Waals surface area contributed by atoms with Gasteiger partial charge in [-0.05, 0) is 38.8 Å². The van der Waals surface area contributed by atoms with Crippen molar-refractivity contribution in [3.05, 3.63) is 24.0 Å². The van der Waals surface area contributed by atoms with E-state index in [1.807, 2.05) is 13.8 Å². The first-order chi connectivity index (χ1) is 14.0. The summed E-state index contributed by atoms with van der Waals surface area (Å²) in [5.41, 5.74) is -0.697. The first-order valence-corrected chi connectivity index (χ1v) is 10.3. The summed E-state index contributed by atoms with van der Waals surface area (Å²) < 4.78 is 24.5. The van der Waals surface area contributed by atoms with Crippen LogP contribution in [0.15, 0.2) is 18.2 Å². The van der Waals surface area contributed by atoms with Crippen LogP contribution in [0.5, 0.6) is 11.5 Å². The van der Waals surface area contributed by atoms with Crippen molar-refractivity contribution >= 4 is 12.0 Å². The largest absolute Gasteiger partial charge is 0.493 e. The van der Waals surface area contributed by atoms with E-state index < -0.39 is 23.5 Å². The molecule has 2 amide bonds. The number of piperidine rings is 1. The van der Waals surface area contributed by atoms with Gasteiger partial charge in [0, 0.05) is 37.5 Å². The molecule has 1 fully saturated rings. The molecule has 0 bridgehead atoms. The number of halogens is 1. The lowest BCUT2D eigenvalue weighted by atomic mass is 9.94. The number of likely N-dealkylation sites (tertiary alicyclic amines) is 1. The molecule has 168 valence electrons. The minimum atomic E-state index is -1.10. The van der Waals surface area contributed by atoms with E-state index in [9.17, 15) is 19.1 Å². The van der Waals surface area contributed by atoms with Crippen molar-refractivity contribution in [2.24, 2.45) is 5.92 Å². The van der Waals surface area contributed by atoms with Crippen molar-refractivity contribution in [2.75, 3.05) is 20.2 Å². The summed E-state index contributed by atoms with van der Waals surface area (Å²) >= 11 is 0. The minimum Gasteiger partial charge on any atom is -0.493 e. The van der Waals surface area contributed by atoms with Crippen molar-refractivity contribution < 1.29 is 28.6 Å². The Labute approximate surface area is 177 Å². The van der Waals surface area contributed by atoms with Crippen molar-refractivity contribution in [2.45, 2.75) is 65.1 Å². The van der Waals surface area contributed by atoms with Crippen LogP contribution >= 0.6 is 0 Å². The summed E-state index contributed by atoms with van der Waals surface area (Å²) in [6.07, 6.45) is -0.0421. The van der Waals surface area contributed by atoms with Crippen molar-refractivity contribution in [1.82, 2.24) is 9.80 Å². The summed E-state index contributed by atoms with van der Waals surface area (Å²) in [6.45, 7) is 10.0. The molecule has 1 N–H and O–H groups in total. The standard InChI is InChI=1S/C22H33FN2O5/c1-14(2)19(25(21(27)28)22(3,4)5)20(26)24-11-9-16(10-12-24)30-17-8-7-15(23)13-18(17)29-6/h7-8,13-14,16,19H,9-12H2,1-6H3,(H,27,28)/t19-/m0/s1. The second-order valence-corrected chi connectivity index (χ2v) is 8.95. The van der Waals surface area contributed by atoms with Crippen molar-refractivity contribution in [3.8, 4) is 11.5 Å². The average molecular weight is 425 g/mol. The Morgan fingerprint density at radius 3 is 2.27 bits per heavy atom. The molecule has 1 aromatic rings. The molecular formula is C22H33FN2O5. The van der Waals surface area contributed by atoms with Gasteiger partial charge in [-0.15, -0.1) is 0 Å². The van der Waals surface area contributed by atoms with Crippen LogP contribution in [-0.2, 0) is 4.79 Å². The predicted molar refractivity (Wildman–Crippen MR) is 111 cm³/mol. The van der Waals surface area contributed by atoms with E-state index in [0.717, 1.165) is 0 Å². The highest BCUT2D eigenvalue weighted by Crippen LogP contribution is 2.31. The number of benzene rings is 1. The van der Waals surface area contributed by atoms with Crippen LogP contribution in [0.1, 0.15) is 47.5 Å². The predicted octanol–water partition coefficient (Wildman–Crippen LogP) is 4.01. The maximum Gasteiger partial charge on any atom is 0.408 e. The molecule has 30 heavy (non-hydrogen) atoms. The zero-order valence-electron chi connectivity index (χ0n) is 18.6. The maximum atomic E-state index is 13.4. The number of ether oxygens (including phenoxy) is 2. The molecule has 1 aromatic carbocycles. The summed E-state index contributed by atoms with van der Waals surface area (Å²) in [7, 11) is 1.46. The van der Waals surface area contributed by atoms with Gasteiger partial charge in [0.1, 0.15) is 18.0 Å². The number of amides is 2. The molecule has 2 rings (SSSR count). The van der Waals surface area contributed by atoms with Crippen LogP contribution in [0.3, 0.4) is 0 Å². The molecule has 1 heterocycles. The third-order valence-corrected chi connectivity index (χ3v) is 5.26. The highest BCUT2D eigenvalue weighted by Gasteiger charge is 2.41. The first kappa shape index (κ1) is 23.8. The normalized spacial score (nSPS) is 16.3. The molecule has 0 radical (unpaired) electrons. The Morgan fingerprint density at radius 1 is 1.20 bits per heavy atom. The van der Waals surface area contributed by atoms with Gasteiger partial charge in [0.2, 0.25) is 5.91 Å². The molecule has 0 unspecified atom stereocenters. The van der Waals surface area contributed by atoms with E-state index in [1.165, 1.54) is 30.2 Å². The van der Waals surface area contributed by atoms with Crippen LogP contribution in [0.2, 0.25) is 0 Å². The molecule has 1 saturated heterocycles. The Morgan fingerprint density at radius 2 is 1.80 bits per heavy atom. The fourth-order valence-corrected chi connectivity index (χ4v) is 3.82. The number of nitrogens with zero attached hydrogens (tertiary/aromatic N) is 2. The number of hydrogen-bond donors (Lipinski definition) is 1. The number of carboxylic acid groups (broad SMARTS) is 1. The summed E-state index contributed by atoms with van der Waals surface area (Å²) in [5, 5.41) is 9.75. The smallest absolute Gasteiger partial charge is 0.408 e. The van der Waals surface area contributed by atoms with Gasteiger partial charge in [-0.3, -0.25) is 9.69 Å². The summed E-state index contributed by atoms with van der Waals surface area (Å²) in [6, 6.07) is 3.37. The summed E-state index contributed by atoms with van der Waals surface area (Å²) in [4.78, 5) is 28.1. The number of carbonyl (C=O) groups is 2. The second kappa shape index (κ2) is 9.53. The zero-order chi connectivity index (χ0) is 22.6. The Balaban J connectivity index is 2.07. The molecule has 0 saturated carbocycles. The SMILES string of the molecule is COc1cc(F)ccc1OC1CCN(C(=O)[C@H](C(C)C)N(C(=O)O)C(C)(C)C)CC1. The van der Waals surface area contributed by atoms with Crippen LogP contribution in [-0.4, -0.2) is 64.8 Å². The van der Waals surface area contributed by atoms with E-state index in [4.69, 9.17) is 9.47 Å². The highest BCUT2D eigenvalue weighted by atomic mass is 19.1.